The number of hydrogen-bond acceptors (Lipinski definition) is 3. The van der Waals surface area contributed by atoms with Crippen molar-refractivity contribution in [2.75, 3.05) is 12.3 Å². The normalized spacial score (nSPS) is 26.1. The van der Waals surface area contributed by atoms with Crippen molar-refractivity contribution in [1.29, 1.82) is 0 Å². The Labute approximate surface area is 105 Å². The number of sulfonamides is 1. The van der Waals surface area contributed by atoms with E-state index < -0.39 is 10.0 Å². The molecule has 0 aromatic heterocycles. The third-order valence-corrected chi connectivity index (χ3v) is 4.26. The van der Waals surface area contributed by atoms with Gasteiger partial charge in [0.2, 0.25) is 10.0 Å². The highest BCUT2D eigenvalue weighted by Gasteiger charge is 2.22. The van der Waals surface area contributed by atoms with Crippen molar-refractivity contribution >= 4 is 22.4 Å². The monoisotopic (exact) mass is 270 g/mol. The molecule has 98 valence electrons. The minimum atomic E-state index is -3.04. The summed E-state index contributed by atoms with van der Waals surface area (Å²) < 4.78 is 26.1. The van der Waals surface area contributed by atoms with Crippen LogP contribution in [0.1, 0.15) is 39.5 Å². The molecular formula is C10H23ClN2O2S. The van der Waals surface area contributed by atoms with E-state index in [0.717, 1.165) is 32.2 Å². The lowest BCUT2D eigenvalue weighted by atomic mass is 10.0. The van der Waals surface area contributed by atoms with Crippen LogP contribution in [-0.2, 0) is 10.0 Å². The maximum atomic E-state index is 11.6. The van der Waals surface area contributed by atoms with Crippen LogP contribution in [0.15, 0.2) is 0 Å². The summed E-state index contributed by atoms with van der Waals surface area (Å²) in [7, 11) is -3.04. The van der Waals surface area contributed by atoms with Crippen LogP contribution in [0.3, 0.4) is 0 Å². The molecule has 1 heterocycles. The number of hydrogen-bond donors (Lipinski definition) is 2. The van der Waals surface area contributed by atoms with Crippen LogP contribution in [0, 0.1) is 0 Å². The van der Waals surface area contributed by atoms with E-state index >= 15 is 0 Å². The molecule has 0 aliphatic carbocycles. The quantitative estimate of drug-likeness (QED) is 0.791. The highest BCUT2D eigenvalue weighted by Crippen LogP contribution is 2.09. The first kappa shape index (κ1) is 16.2. The summed E-state index contributed by atoms with van der Waals surface area (Å²) in [5, 5.41) is 3.31. The van der Waals surface area contributed by atoms with Crippen LogP contribution in [-0.4, -0.2) is 32.8 Å². The molecule has 1 rings (SSSR count). The summed E-state index contributed by atoms with van der Waals surface area (Å²) in [5.74, 6) is 0.266. The molecule has 0 bridgehead atoms. The summed E-state index contributed by atoms with van der Waals surface area (Å²) >= 11 is 0. The number of unbranched alkanes of at least 4 members (excludes halogenated alkanes) is 1. The summed E-state index contributed by atoms with van der Waals surface area (Å²) in [6, 6.07) is 0.542. The van der Waals surface area contributed by atoms with Gasteiger partial charge in [-0.1, -0.05) is 13.3 Å². The molecule has 6 heteroatoms. The third-order valence-electron chi connectivity index (χ3n) is 2.74. The Kier molecular flexibility index (Phi) is 7.55. The fourth-order valence-corrected chi connectivity index (χ4v) is 3.39. The first-order chi connectivity index (χ1) is 7.03. The zero-order valence-corrected chi connectivity index (χ0v) is 11.7. The lowest BCUT2D eigenvalue weighted by Crippen LogP contribution is -2.47. The molecule has 0 aromatic carbocycles. The van der Waals surface area contributed by atoms with E-state index in [-0.39, 0.29) is 24.2 Å². The molecule has 0 radical (unpaired) electrons. The second-order valence-corrected chi connectivity index (χ2v) is 6.24. The highest BCUT2D eigenvalue weighted by molar-refractivity contribution is 7.89. The van der Waals surface area contributed by atoms with E-state index in [1.807, 2.05) is 6.92 Å². The van der Waals surface area contributed by atoms with Gasteiger partial charge in [-0.05, 0) is 32.7 Å². The number of piperidine rings is 1. The first-order valence-electron chi connectivity index (χ1n) is 5.77. The topological polar surface area (TPSA) is 58.2 Å². The Morgan fingerprint density at radius 2 is 2.12 bits per heavy atom. The van der Waals surface area contributed by atoms with Gasteiger partial charge in [-0.2, -0.15) is 0 Å². The van der Waals surface area contributed by atoms with Crippen LogP contribution in [0.4, 0.5) is 0 Å². The van der Waals surface area contributed by atoms with Crippen molar-refractivity contribution in [3.63, 3.8) is 0 Å². The number of halogens is 1. The van der Waals surface area contributed by atoms with Gasteiger partial charge < -0.3 is 5.32 Å². The predicted octanol–water partition coefficient (Wildman–Crippen LogP) is 1.27. The molecule has 2 atom stereocenters. The van der Waals surface area contributed by atoms with Gasteiger partial charge in [0.1, 0.15) is 0 Å². The highest BCUT2D eigenvalue weighted by atomic mass is 35.5. The largest absolute Gasteiger partial charge is 0.314 e. The Morgan fingerprint density at radius 1 is 1.44 bits per heavy atom. The van der Waals surface area contributed by atoms with Gasteiger partial charge in [0.15, 0.2) is 0 Å². The Bertz CT molecular complexity index is 283. The lowest BCUT2D eigenvalue weighted by molar-refractivity contribution is 0.361. The van der Waals surface area contributed by atoms with Gasteiger partial charge in [0.25, 0.3) is 0 Å². The van der Waals surface area contributed by atoms with Gasteiger partial charge in [0.05, 0.1) is 5.75 Å². The summed E-state index contributed by atoms with van der Waals surface area (Å²) in [6.07, 6.45) is 3.46. The van der Waals surface area contributed by atoms with Crippen LogP contribution in [0.5, 0.6) is 0 Å². The van der Waals surface area contributed by atoms with Gasteiger partial charge in [-0.15, -0.1) is 12.4 Å². The molecule has 1 aliphatic rings. The molecule has 1 saturated heterocycles. The molecule has 2 unspecified atom stereocenters. The SMILES string of the molecule is CCCCS(=O)(=O)NC1CCNC(C)C1.Cl. The standard InChI is InChI=1S/C10H22N2O2S.ClH/c1-3-4-7-15(13,14)12-10-5-6-11-9(2)8-10;/h9-12H,3-8H2,1-2H3;1H. The van der Waals surface area contributed by atoms with Crippen molar-refractivity contribution in [2.24, 2.45) is 0 Å². The number of rotatable bonds is 5. The van der Waals surface area contributed by atoms with Gasteiger partial charge in [0, 0.05) is 12.1 Å². The third kappa shape index (κ3) is 6.03. The predicted molar refractivity (Wildman–Crippen MR) is 69.6 cm³/mol. The molecule has 1 aliphatic heterocycles. The van der Waals surface area contributed by atoms with Crippen molar-refractivity contribution in [1.82, 2.24) is 10.0 Å². The van der Waals surface area contributed by atoms with Crippen molar-refractivity contribution < 1.29 is 8.42 Å². The second-order valence-electron chi connectivity index (χ2n) is 4.37. The van der Waals surface area contributed by atoms with Gasteiger partial charge in [-0.3, -0.25) is 0 Å². The maximum absolute atomic E-state index is 11.6. The van der Waals surface area contributed by atoms with Gasteiger partial charge >= 0.3 is 0 Å². The zero-order chi connectivity index (χ0) is 11.3. The molecule has 0 saturated carbocycles. The lowest BCUT2D eigenvalue weighted by Gasteiger charge is -2.28. The summed E-state index contributed by atoms with van der Waals surface area (Å²) in [6.45, 7) is 5.00. The van der Waals surface area contributed by atoms with Crippen molar-refractivity contribution in [3.05, 3.63) is 0 Å². The van der Waals surface area contributed by atoms with Crippen LogP contribution in [0.25, 0.3) is 0 Å². The molecule has 0 amide bonds. The number of nitrogens with one attached hydrogen (secondary N) is 2. The molecule has 2 N–H and O–H groups in total. The smallest absolute Gasteiger partial charge is 0.211 e. The molecule has 0 spiro atoms. The first-order valence-corrected chi connectivity index (χ1v) is 7.42. The summed E-state index contributed by atoms with van der Waals surface area (Å²) in [4.78, 5) is 0. The summed E-state index contributed by atoms with van der Waals surface area (Å²) in [5.41, 5.74) is 0. The Hall–Kier alpha value is 0.160. The Balaban J connectivity index is 0.00000225. The average Bonchev–Trinajstić information content (AvgIpc) is 2.14. The molecule has 4 nitrogen and oxygen atoms in total. The molecule has 1 fully saturated rings. The molecule has 0 aromatic rings. The zero-order valence-electron chi connectivity index (χ0n) is 10.0. The van der Waals surface area contributed by atoms with E-state index in [1.54, 1.807) is 0 Å². The van der Waals surface area contributed by atoms with E-state index in [1.165, 1.54) is 0 Å². The van der Waals surface area contributed by atoms with Crippen molar-refractivity contribution in [3.8, 4) is 0 Å². The van der Waals surface area contributed by atoms with E-state index in [2.05, 4.69) is 17.0 Å². The van der Waals surface area contributed by atoms with Crippen LogP contribution >= 0.6 is 12.4 Å². The molecular weight excluding hydrogens is 248 g/mol. The van der Waals surface area contributed by atoms with E-state index in [9.17, 15) is 8.42 Å². The van der Waals surface area contributed by atoms with Crippen molar-refractivity contribution in [2.45, 2.75) is 51.6 Å². The average molecular weight is 271 g/mol. The van der Waals surface area contributed by atoms with Crippen LogP contribution in [0.2, 0.25) is 0 Å². The second kappa shape index (κ2) is 7.48. The molecule has 16 heavy (non-hydrogen) atoms. The van der Waals surface area contributed by atoms with Gasteiger partial charge in [-0.25, -0.2) is 13.1 Å². The minimum absolute atomic E-state index is 0. The van der Waals surface area contributed by atoms with Crippen LogP contribution < -0.4 is 10.0 Å². The fraction of sp³-hybridized carbons (Fsp3) is 1.00. The minimum Gasteiger partial charge on any atom is -0.314 e. The van der Waals surface area contributed by atoms with E-state index in [4.69, 9.17) is 0 Å². The fourth-order valence-electron chi connectivity index (χ4n) is 1.89. The Morgan fingerprint density at radius 3 is 2.69 bits per heavy atom. The maximum Gasteiger partial charge on any atom is 0.211 e. The van der Waals surface area contributed by atoms with E-state index in [0.29, 0.717) is 6.04 Å².